The van der Waals surface area contributed by atoms with Crippen LogP contribution >= 0.6 is 0 Å². The van der Waals surface area contributed by atoms with Crippen molar-refractivity contribution in [2.45, 2.75) is 20.3 Å². The van der Waals surface area contributed by atoms with Gasteiger partial charge in [-0.2, -0.15) is 0 Å². The number of para-hydroxylation sites is 1. The molecule has 0 unspecified atom stereocenters. The molecule has 0 spiro atoms. The van der Waals surface area contributed by atoms with E-state index in [-0.39, 0.29) is 11.9 Å². The lowest BCUT2D eigenvalue weighted by atomic mass is 10.3. The van der Waals surface area contributed by atoms with Crippen molar-refractivity contribution in [1.29, 1.82) is 0 Å². The Morgan fingerprint density at radius 1 is 1.33 bits per heavy atom. The third-order valence-corrected chi connectivity index (χ3v) is 1.58. The van der Waals surface area contributed by atoms with E-state index in [1.807, 2.05) is 25.1 Å². The van der Waals surface area contributed by atoms with Gasteiger partial charge in [-0.3, -0.25) is 4.79 Å². The van der Waals surface area contributed by atoms with E-state index in [0.29, 0.717) is 5.75 Å². The predicted molar refractivity (Wildman–Crippen MR) is 57.2 cm³/mol. The minimum absolute atomic E-state index is 0.233. The van der Waals surface area contributed by atoms with Crippen molar-refractivity contribution in [3.8, 4) is 5.75 Å². The summed E-state index contributed by atoms with van der Waals surface area (Å²) in [6, 6.07) is 9.20. The minimum Gasteiger partial charge on any atom is -0.426 e. The molecule has 0 aliphatic heterocycles. The molecule has 0 aliphatic carbocycles. The van der Waals surface area contributed by atoms with Crippen LogP contribution in [0.5, 0.6) is 5.75 Å². The second-order valence-corrected chi connectivity index (χ2v) is 2.94. The van der Waals surface area contributed by atoms with Crippen molar-refractivity contribution in [2.24, 2.45) is 0 Å². The Bertz CT molecular complexity index is 341. The molecule has 80 valence electrons. The molecule has 0 atom stereocenters. The molecule has 0 bridgehead atoms. The summed E-state index contributed by atoms with van der Waals surface area (Å²) in [6.07, 6.45) is 2.46. The molecule has 1 aromatic rings. The fourth-order valence-electron chi connectivity index (χ4n) is 1.02. The average Bonchev–Trinajstić information content (AvgIpc) is 2.18. The predicted octanol–water partition coefficient (Wildman–Crippen LogP) is 2.88. The summed E-state index contributed by atoms with van der Waals surface area (Å²) >= 11 is 0. The lowest BCUT2D eigenvalue weighted by molar-refractivity contribution is -0.140. The molecule has 0 N–H and O–H groups in total. The molecule has 0 radical (unpaired) electrons. The Kier molecular flexibility index (Phi) is 4.41. The monoisotopic (exact) mass is 206 g/mol. The van der Waals surface area contributed by atoms with Crippen molar-refractivity contribution in [1.82, 2.24) is 0 Å². The molecule has 3 heteroatoms. The highest BCUT2D eigenvalue weighted by Gasteiger charge is 2.03. The first kappa shape index (κ1) is 11.3. The van der Waals surface area contributed by atoms with Gasteiger partial charge >= 0.3 is 5.97 Å². The topological polar surface area (TPSA) is 35.5 Å². The van der Waals surface area contributed by atoms with E-state index >= 15 is 0 Å². The van der Waals surface area contributed by atoms with Crippen LogP contribution in [0.15, 0.2) is 42.4 Å². The fourth-order valence-corrected chi connectivity index (χ4v) is 1.02. The maximum absolute atomic E-state index is 10.8. The lowest BCUT2D eigenvalue weighted by Crippen LogP contribution is -2.05. The van der Waals surface area contributed by atoms with Gasteiger partial charge in [0.1, 0.15) is 5.75 Å². The number of carbonyl (C=O) groups is 1. The molecular formula is C12H14O3. The van der Waals surface area contributed by atoms with Gasteiger partial charge in [0.15, 0.2) is 0 Å². The van der Waals surface area contributed by atoms with Gasteiger partial charge in [0, 0.05) is 6.92 Å². The lowest BCUT2D eigenvalue weighted by Gasteiger charge is -2.08. The maximum atomic E-state index is 10.8. The number of esters is 1. The Labute approximate surface area is 89.3 Å². The standard InChI is InChI=1S/C12H14O3/c1-3-7-12(14-10(2)13)15-11-8-5-4-6-9-11/h4-9H,3H2,1-2H3. The molecule has 0 saturated heterocycles. The molecule has 15 heavy (non-hydrogen) atoms. The first-order valence-electron chi connectivity index (χ1n) is 4.84. The summed E-state index contributed by atoms with van der Waals surface area (Å²) in [5, 5.41) is 0. The molecule has 0 amide bonds. The van der Waals surface area contributed by atoms with Gasteiger partial charge in [0.25, 0.3) is 5.95 Å². The van der Waals surface area contributed by atoms with Gasteiger partial charge in [0.05, 0.1) is 0 Å². The van der Waals surface area contributed by atoms with Gasteiger partial charge in [-0.25, -0.2) is 0 Å². The van der Waals surface area contributed by atoms with Crippen molar-refractivity contribution < 1.29 is 14.3 Å². The highest BCUT2D eigenvalue weighted by Crippen LogP contribution is 2.13. The number of rotatable bonds is 4. The zero-order valence-corrected chi connectivity index (χ0v) is 8.90. The normalized spacial score (nSPS) is 10.9. The van der Waals surface area contributed by atoms with Crippen LogP contribution in [0.1, 0.15) is 20.3 Å². The highest BCUT2D eigenvalue weighted by atomic mass is 16.7. The quantitative estimate of drug-likeness (QED) is 0.561. The largest absolute Gasteiger partial charge is 0.426 e. The number of hydrogen-bond acceptors (Lipinski definition) is 3. The third-order valence-electron chi connectivity index (χ3n) is 1.58. The average molecular weight is 206 g/mol. The first-order valence-corrected chi connectivity index (χ1v) is 4.84. The van der Waals surface area contributed by atoms with Crippen LogP contribution in [0.2, 0.25) is 0 Å². The van der Waals surface area contributed by atoms with Crippen LogP contribution in [-0.4, -0.2) is 5.97 Å². The number of carbonyl (C=O) groups excluding carboxylic acids is 1. The van der Waals surface area contributed by atoms with Crippen LogP contribution in [0.4, 0.5) is 0 Å². The molecule has 0 aliphatic rings. The summed E-state index contributed by atoms with van der Waals surface area (Å²) in [5.41, 5.74) is 0. The van der Waals surface area contributed by atoms with E-state index in [0.717, 1.165) is 6.42 Å². The van der Waals surface area contributed by atoms with Crippen LogP contribution in [-0.2, 0) is 9.53 Å². The zero-order valence-electron chi connectivity index (χ0n) is 8.90. The molecule has 1 rings (SSSR count). The van der Waals surface area contributed by atoms with E-state index in [2.05, 4.69) is 0 Å². The van der Waals surface area contributed by atoms with Crippen LogP contribution in [0.3, 0.4) is 0 Å². The fraction of sp³-hybridized carbons (Fsp3) is 0.250. The summed E-state index contributed by atoms with van der Waals surface area (Å²) < 4.78 is 10.3. The summed E-state index contributed by atoms with van der Waals surface area (Å²) in [7, 11) is 0. The Morgan fingerprint density at radius 3 is 2.53 bits per heavy atom. The summed E-state index contributed by atoms with van der Waals surface area (Å²) in [4.78, 5) is 10.8. The molecule has 0 saturated carbocycles. The Balaban J connectivity index is 2.67. The molecular weight excluding hydrogens is 192 g/mol. The molecule has 1 aromatic carbocycles. The van der Waals surface area contributed by atoms with Crippen molar-refractivity contribution >= 4 is 5.97 Å². The van der Waals surface area contributed by atoms with Gasteiger partial charge in [-0.05, 0) is 24.6 Å². The van der Waals surface area contributed by atoms with Gasteiger partial charge in [0.2, 0.25) is 0 Å². The van der Waals surface area contributed by atoms with Crippen LogP contribution in [0, 0.1) is 0 Å². The van der Waals surface area contributed by atoms with Crippen molar-refractivity contribution in [2.75, 3.05) is 0 Å². The number of benzene rings is 1. The maximum Gasteiger partial charge on any atom is 0.310 e. The Hall–Kier alpha value is -1.77. The molecule has 3 nitrogen and oxygen atoms in total. The highest BCUT2D eigenvalue weighted by molar-refractivity contribution is 5.67. The van der Waals surface area contributed by atoms with E-state index < -0.39 is 0 Å². The van der Waals surface area contributed by atoms with Gasteiger partial charge in [-0.1, -0.05) is 25.1 Å². The zero-order chi connectivity index (χ0) is 11.1. The molecule has 0 heterocycles. The number of ether oxygens (including phenoxy) is 2. The van der Waals surface area contributed by atoms with Crippen LogP contribution < -0.4 is 4.74 Å². The SMILES string of the molecule is CCC=C(OC(C)=O)Oc1ccccc1. The van der Waals surface area contributed by atoms with Crippen LogP contribution in [0.25, 0.3) is 0 Å². The smallest absolute Gasteiger partial charge is 0.310 e. The molecule has 0 fully saturated rings. The third kappa shape index (κ3) is 4.31. The summed E-state index contributed by atoms with van der Waals surface area (Å²) in [5.74, 6) is 0.500. The number of hydrogen-bond donors (Lipinski definition) is 0. The summed E-state index contributed by atoms with van der Waals surface area (Å²) in [6.45, 7) is 3.29. The van der Waals surface area contributed by atoms with E-state index in [1.165, 1.54) is 6.92 Å². The van der Waals surface area contributed by atoms with Gasteiger partial charge < -0.3 is 9.47 Å². The van der Waals surface area contributed by atoms with E-state index in [1.54, 1.807) is 18.2 Å². The first-order chi connectivity index (χ1) is 7.22. The molecule has 0 aromatic heterocycles. The van der Waals surface area contributed by atoms with Crippen molar-refractivity contribution in [3.05, 3.63) is 42.4 Å². The van der Waals surface area contributed by atoms with E-state index in [9.17, 15) is 4.79 Å². The number of allylic oxidation sites excluding steroid dienone is 1. The second-order valence-electron chi connectivity index (χ2n) is 2.94. The second kappa shape index (κ2) is 5.86. The van der Waals surface area contributed by atoms with Gasteiger partial charge in [-0.15, -0.1) is 0 Å². The van der Waals surface area contributed by atoms with Crippen molar-refractivity contribution in [3.63, 3.8) is 0 Å². The minimum atomic E-state index is -0.384. The Morgan fingerprint density at radius 2 is 2.00 bits per heavy atom. The van der Waals surface area contributed by atoms with E-state index in [4.69, 9.17) is 9.47 Å².